The van der Waals surface area contributed by atoms with Gasteiger partial charge in [-0.05, 0) is 59.5 Å². The molecule has 1 heterocycles. The Bertz CT molecular complexity index is 1260. The Balaban J connectivity index is 1.49. The SMILES string of the molecule is CN(C)c1ccc(Oc2ccc(CS(=O)(=O)N3Cc4ccccc4C[C@@H]3C(=O)NO)cc2)cc1. The number of hydrogen-bond donors (Lipinski definition) is 2. The van der Waals surface area contributed by atoms with Crippen LogP contribution in [0.25, 0.3) is 0 Å². The first-order valence-corrected chi connectivity index (χ1v) is 12.4. The molecule has 0 aromatic heterocycles. The van der Waals surface area contributed by atoms with Crippen LogP contribution in [0.1, 0.15) is 16.7 Å². The third-order valence-corrected chi connectivity index (χ3v) is 7.63. The van der Waals surface area contributed by atoms with Crippen molar-refractivity contribution in [2.24, 2.45) is 0 Å². The van der Waals surface area contributed by atoms with Gasteiger partial charge < -0.3 is 9.64 Å². The molecule has 34 heavy (non-hydrogen) atoms. The highest BCUT2D eigenvalue weighted by Gasteiger charge is 2.38. The van der Waals surface area contributed by atoms with Crippen molar-refractivity contribution in [3.8, 4) is 11.5 Å². The molecule has 0 unspecified atom stereocenters. The molecule has 0 saturated carbocycles. The molecule has 0 radical (unpaired) electrons. The van der Waals surface area contributed by atoms with Gasteiger partial charge in [-0.3, -0.25) is 10.0 Å². The van der Waals surface area contributed by atoms with Crippen molar-refractivity contribution < 1.29 is 23.2 Å². The van der Waals surface area contributed by atoms with Crippen molar-refractivity contribution in [1.29, 1.82) is 0 Å². The third-order valence-electron chi connectivity index (χ3n) is 5.84. The van der Waals surface area contributed by atoms with E-state index in [2.05, 4.69) is 0 Å². The minimum atomic E-state index is -3.85. The van der Waals surface area contributed by atoms with E-state index in [1.54, 1.807) is 29.7 Å². The van der Waals surface area contributed by atoms with E-state index in [9.17, 15) is 13.2 Å². The van der Waals surface area contributed by atoms with Crippen LogP contribution in [0.15, 0.2) is 72.8 Å². The lowest BCUT2D eigenvalue weighted by Gasteiger charge is -2.34. The summed E-state index contributed by atoms with van der Waals surface area (Å²) in [5.41, 5.74) is 4.97. The molecule has 8 nitrogen and oxygen atoms in total. The minimum Gasteiger partial charge on any atom is -0.457 e. The van der Waals surface area contributed by atoms with Crippen LogP contribution in [0.5, 0.6) is 11.5 Å². The zero-order valence-electron chi connectivity index (χ0n) is 19.0. The Morgan fingerprint density at radius 1 is 1.00 bits per heavy atom. The molecule has 0 fully saturated rings. The van der Waals surface area contributed by atoms with Gasteiger partial charge >= 0.3 is 0 Å². The van der Waals surface area contributed by atoms with E-state index in [0.29, 0.717) is 17.1 Å². The maximum atomic E-state index is 13.3. The first kappa shape index (κ1) is 23.7. The van der Waals surface area contributed by atoms with E-state index in [0.717, 1.165) is 21.1 Å². The third kappa shape index (κ3) is 5.22. The summed E-state index contributed by atoms with van der Waals surface area (Å²) in [6.07, 6.45) is 0.196. The highest BCUT2D eigenvalue weighted by molar-refractivity contribution is 7.88. The molecule has 9 heteroatoms. The lowest BCUT2D eigenvalue weighted by molar-refractivity contribution is -0.133. The van der Waals surface area contributed by atoms with Crippen molar-refractivity contribution in [1.82, 2.24) is 9.79 Å². The van der Waals surface area contributed by atoms with Crippen LogP contribution in [0, 0.1) is 0 Å². The van der Waals surface area contributed by atoms with Gasteiger partial charge in [-0.25, -0.2) is 13.9 Å². The van der Waals surface area contributed by atoms with Gasteiger partial charge in [0, 0.05) is 26.3 Å². The van der Waals surface area contributed by atoms with Gasteiger partial charge in [0.05, 0.1) is 5.75 Å². The Kier molecular flexibility index (Phi) is 6.87. The molecule has 0 saturated heterocycles. The fourth-order valence-electron chi connectivity index (χ4n) is 3.98. The summed E-state index contributed by atoms with van der Waals surface area (Å²) < 4.78 is 33.6. The number of amides is 1. The molecule has 4 rings (SSSR count). The quantitative estimate of drug-likeness (QED) is 0.397. The van der Waals surface area contributed by atoms with Gasteiger partial charge in [-0.1, -0.05) is 36.4 Å². The zero-order valence-corrected chi connectivity index (χ0v) is 19.8. The second-order valence-electron chi connectivity index (χ2n) is 8.40. The molecule has 3 aromatic rings. The second kappa shape index (κ2) is 9.84. The molecule has 2 N–H and O–H groups in total. The average Bonchev–Trinajstić information content (AvgIpc) is 2.84. The van der Waals surface area contributed by atoms with Crippen LogP contribution in [0.3, 0.4) is 0 Å². The van der Waals surface area contributed by atoms with Gasteiger partial charge in [-0.15, -0.1) is 0 Å². The topological polar surface area (TPSA) is 99.2 Å². The predicted molar refractivity (Wildman–Crippen MR) is 129 cm³/mol. The fourth-order valence-corrected chi connectivity index (χ4v) is 5.66. The van der Waals surface area contributed by atoms with Gasteiger partial charge in [0.1, 0.15) is 17.5 Å². The number of carbonyl (C=O) groups is 1. The van der Waals surface area contributed by atoms with Crippen LogP contribution >= 0.6 is 0 Å². The van der Waals surface area contributed by atoms with Crippen LogP contribution in [0.4, 0.5) is 5.69 Å². The van der Waals surface area contributed by atoms with Gasteiger partial charge in [0.25, 0.3) is 5.91 Å². The lowest BCUT2D eigenvalue weighted by atomic mass is 9.95. The van der Waals surface area contributed by atoms with Crippen molar-refractivity contribution >= 4 is 21.6 Å². The van der Waals surface area contributed by atoms with Crippen molar-refractivity contribution in [2.45, 2.75) is 24.8 Å². The number of rotatable bonds is 7. The molecule has 0 bridgehead atoms. The maximum absolute atomic E-state index is 13.3. The first-order chi connectivity index (χ1) is 16.3. The van der Waals surface area contributed by atoms with Crippen LogP contribution < -0.4 is 15.1 Å². The fraction of sp³-hybridized carbons (Fsp3) is 0.240. The molecule has 1 atom stereocenters. The van der Waals surface area contributed by atoms with Gasteiger partial charge in [-0.2, -0.15) is 4.31 Å². The summed E-state index contributed by atoms with van der Waals surface area (Å²) in [5.74, 6) is 0.239. The standard InChI is InChI=1S/C25H27N3O5S/c1-27(2)21-9-13-23(14-10-21)33-22-11-7-18(8-12-22)17-34(31,32)28-16-20-6-4-3-5-19(20)15-24(28)25(29)26-30/h3-14,24,30H,15-17H2,1-2H3,(H,26,29)/t24-/m1/s1. The number of hydroxylamine groups is 1. The predicted octanol–water partition coefficient (Wildman–Crippen LogP) is 3.31. The molecule has 3 aromatic carbocycles. The van der Waals surface area contributed by atoms with E-state index in [1.807, 2.05) is 67.5 Å². The molecule has 0 aliphatic carbocycles. The first-order valence-electron chi connectivity index (χ1n) is 10.8. The Morgan fingerprint density at radius 3 is 2.18 bits per heavy atom. The molecule has 0 spiro atoms. The summed E-state index contributed by atoms with van der Waals surface area (Å²) in [6, 6.07) is 20.8. The molecular formula is C25H27N3O5S. The largest absolute Gasteiger partial charge is 0.457 e. The van der Waals surface area contributed by atoms with Crippen LogP contribution in [-0.2, 0) is 33.5 Å². The Hall–Kier alpha value is -3.40. The van der Waals surface area contributed by atoms with E-state index < -0.39 is 22.0 Å². The number of sulfonamides is 1. The van der Waals surface area contributed by atoms with Gasteiger partial charge in [0.2, 0.25) is 10.0 Å². The number of nitrogens with zero attached hydrogens (tertiary/aromatic N) is 2. The molecule has 1 aliphatic rings. The van der Waals surface area contributed by atoms with Crippen molar-refractivity contribution in [3.05, 3.63) is 89.5 Å². The average molecular weight is 482 g/mol. The smallest absolute Gasteiger partial charge is 0.262 e. The van der Waals surface area contributed by atoms with E-state index in [1.165, 1.54) is 0 Å². The summed E-state index contributed by atoms with van der Waals surface area (Å²) >= 11 is 0. The second-order valence-corrected chi connectivity index (χ2v) is 10.3. The summed E-state index contributed by atoms with van der Waals surface area (Å²) in [7, 11) is 0.0719. The van der Waals surface area contributed by atoms with Crippen molar-refractivity contribution in [2.75, 3.05) is 19.0 Å². The highest BCUT2D eigenvalue weighted by Crippen LogP contribution is 2.29. The molecule has 178 valence electrons. The van der Waals surface area contributed by atoms with Crippen LogP contribution in [-0.4, -0.2) is 44.0 Å². The Morgan fingerprint density at radius 2 is 1.59 bits per heavy atom. The number of anilines is 1. The van der Waals surface area contributed by atoms with Crippen molar-refractivity contribution in [3.63, 3.8) is 0 Å². The molecular weight excluding hydrogens is 454 g/mol. The summed E-state index contributed by atoms with van der Waals surface area (Å²) in [4.78, 5) is 14.3. The number of fused-ring (bicyclic) bond motifs is 1. The summed E-state index contributed by atoms with van der Waals surface area (Å²) in [5, 5.41) is 9.16. The van der Waals surface area contributed by atoms with E-state index in [-0.39, 0.29) is 18.7 Å². The number of nitrogens with one attached hydrogen (secondary N) is 1. The Labute approximate surface area is 199 Å². The van der Waals surface area contributed by atoms with E-state index >= 15 is 0 Å². The maximum Gasteiger partial charge on any atom is 0.262 e. The normalized spacial score (nSPS) is 15.9. The number of carbonyl (C=O) groups excluding carboxylic acids is 1. The number of benzene rings is 3. The highest BCUT2D eigenvalue weighted by atomic mass is 32.2. The number of hydrogen-bond acceptors (Lipinski definition) is 6. The van der Waals surface area contributed by atoms with E-state index in [4.69, 9.17) is 9.94 Å². The number of ether oxygens (including phenoxy) is 1. The molecule has 1 aliphatic heterocycles. The molecule has 1 amide bonds. The minimum absolute atomic E-state index is 0.0702. The lowest BCUT2D eigenvalue weighted by Crippen LogP contribution is -2.52. The summed E-state index contributed by atoms with van der Waals surface area (Å²) in [6.45, 7) is 0.0702. The van der Waals surface area contributed by atoms with Crippen LogP contribution in [0.2, 0.25) is 0 Å². The zero-order chi connectivity index (χ0) is 24.3. The monoisotopic (exact) mass is 481 g/mol. The van der Waals surface area contributed by atoms with Gasteiger partial charge in [0.15, 0.2) is 0 Å².